The second kappa shape index (κ2) is 5.24. The number of aryl methyl sites for hydroxylation is 1. The maximum Gasteiger partial charge on any atom is 0.406 e. The smallest absolute Gasteiger partial charge is 0.358 e. The van der Waals surface area contributed by atoms with Gasteiger partial charge in [0.2, 0.25) is 12.1 Å². The monoisotopic (exact) mass is 282 g/mol. The van der Waals surface area contributed by atoms with Crippen LogP contribution in [0, 0.1) is 21.7 Å². The average molecular weight is 282 g/mol. The Labute approximate surface area is 113 Å². The first-order valence-corrected chi connectivity index (χ1v) is 5.71. The molecule has 0 aliphatic rings. The maximum atomic E-state index is 13.6. The Morgan fingerprint density at radius 3 is 2.75 bits per heavy atom. The Hall–Kier alpha value is -2.51. The molecule has 0 saturated carbocycles. The highest BCUT2D eigenvalue weighted by molar-refractivity contribution is 5.54. The topological polar surface area (TPSA) is 64.2 Å². The molecule has 20 heavy (non-hydrogen) atoms. The third-order valence-corrected chi connectivity index (χ3v) is 2.84. The number of nitro groups is 1. The predicted molar refractivity (Wildman–Crippen MR) is 68.3 cm³/mol. The van der Waals surface area contributed by atoms with Crippen LogP contribution in [0.4, 0.5) is 20.4 Å². The molecule has 0 saturated heterocycles. The lowest BCUT2D eigenvalue weighted by atomic mass is 10.2. The van der Waals surface area contributed by atoms with E-state index in [9.17, 15) is 18.9 Å². The Morgan fingerprint density at radius 2 is 2.15 bits per heavy atom. The zero-order valence-electron chi connectivity index (χ0n) is 10.9. The summed E-state index contributed by atoms with van der Waals surface area (Å²) in [6.45, 7) is 0.0620. The molecule has 1 heterocycles. The van der Waals surface area contributed by atoms with Gasteiger partial charge in [-0.2, -0.15) is 0 Å². The van der Waals surface area contributed by atoms with E-state index in [1.54, 1.807) is 14.1 Å². The average Bonchev–Trinajstić information content (AvgIpc) is 2.75. The summed E-state index contributed by atoms with van der Waals surface area (Å²) in [6, 6.07) is 3.23. The molecule has 1 aromatic carbocycles. The SMILES string of the molecule is CN(Cc1ccc(F)cc1F)c1c([N+](=O)[O-])ncn1C. The van der Waals surface area contributed by atoms with Gasteiger partial charge in [-0.3, -0.25) is 4.57 Å². The second-order valence-electron chi connectivity index (χ2n) is 4.35. The summed E-state index contributed by atoms with van der Waals surface area (Å²) >= 11 is 0. The lowest BCUT2D eigenvalue weighted by Crippen LogP contribution is -2.20. The van der Waals surface area contributed by atoms with E-state index in [1.807, 2.05) is 0 Å². The molecular formula is C12H12F2N4O2. The summed E-state index contributed by atoms with van der Waals surface area (Å²) in [6.07, 6.45) is 1.31. The van der Waals surface area contributed by atoms with Crippen LogP contribution in [-0.2, 0) is 13.6 Å². The van der Waals surface area contributed by atoms with E-state index in [0.717, 1.165) is 12.1 Å². The maximum absolute atomic E-state index is 13.6. The molecule has 8 heteroatoms. The first-order valence-electron chi connectivity index (χ1n) is 5.71. The molecular weight excluding hydrogens is 270 g/mol. The second-order valence-corrected chi connectivity index (χ2v) is 4.35. The molecule has 0 N–H and O–H groups in total. The lowest BCUT2D eigenvalue weighted by Gasteiger charge is -2.18. The standard InChI is InChI=1S/C12H12F2N4O2/c1-16(6-8-3-4-9(13)5-10(8)14)12-11(18(19)20)15-7-17(12)2/h3-5,7H,6H2,1-2H3. The van der Waals surface area contributed by atoms with Crippen molar-refractivity contribution in [2.24, 2.45) is 7.05 Å². The molecule has 0 atom stereocenters. The summed E-state index contributed by atoms with van der Waals surface area (Å²) < 4.78 is 27.9. The molecule has 0 unspecified atom stereocenters. The van der Waals surface area contributed by atoms with Crippen LogP contribution in [0.2, 0.25) is 0 Å². The molecule has 0 aliphatic carbocycles. The van der Waals surface area contributed by atoms with Crippen molar-refractivity contribution in [2.45, 2.75) is 6.54 Å². The summed E-state index contributed by atoms with van der Waals surface area (Å²) in [5.74, 6) is -1.42. The Morgan fingerprint density at radius 1 is 1.45 bits per heavy atom. The summed E-state index contributed by atoms with van der Waals surface area (Å²) in [5, 5.41) is 10.9. The number of halogens is 2. The summed E-state index contributed by atoms with van der Waals surface area (Å²) in [4.78, 5) is 15.4. The van der Waals surface area contributed by atoms with E-state index in [2.05, 4.69) is 4.98 Å². The van der Waals surface area contributed by atoms with Gasteiger partial charge in [0.05, 0.1) is 0 Å². The van der Waals surface area contributed by atoms with E-state index in [4.69, 9.17) is 0 Å². The third kappa shape index (κ3) is 2.58. The van der Waals surface area contributed by atoms with Gasteiger partial charge in [0, 0.05) is 32.3 Å². The predicted octanol–water partition coefficient (Wildman–Crippen LogP) is 2.24. The zero-order chi connectivity index (χ0) is 14.9. The first kappa shape index (κ1) is 13.9. The van der Waals surface area contributed by atoms with Crippen molar-refractivity contribution in [1.29, 1.82) is 0 Å². The first-order chi connectivity index (χ1) is 9.40. The normalized spacial score (nSPS) is 10.6. The molecule has 0 aliphatic heterocycles. The number of benzene rings is 1. The van der Waals surface area contributed by atoms with Crippen molar-refractivity contribution in [2.75, 3.05) is 11.9 Å². The molecule has 1 aromatic heterocycles. The van der Waals surface area contributed by atoms with Crippen LogP contribution in [0.3, 0.4) is 0 Å². The van der Waals surface area contributed by atoms with E-state index >= 15 is 0 Å². The van der Waals surface area contributed by atoms with Gasteiger partial charge in [0.15, 0.2) is 0 Å². The molecule has 0 bridgehead atoms. The van der Waals surface area contributed by atoms with Gasteiger partial charge in [-0.1, -0.05) is 6.07 Å². The van der Waals surface area contributed by atoms with Crippen LogP contribution in [0.25, 0.3) is 0 Å². The number of hydrogen-bond donors (Lipinski definition) is 0. The Bertz CT molecular complexity index is 657. The molecule has 0 fully saturated rings. The molecule has 106 valence electrons. The van der Waals surface area contributed by atoms with Crippen molar-refractivity contribution < 1.29 is 13.7 Å². The number of nitrogens with zero attached hydrogens (tertiary/aromatic N) is 4. The van der Waals surface area contributed by atoms with Crippen LogP contribution in [0.15, 0.2) is 24.5 Å². The van der Waals surface area contributed by atoms with Crippen LogP contribution in [-0.4, -0.2) is 21.5 Å². The molecule has 2 aromatic rings. The highest BCUT2D eigenvalue weighted by Gasteiger charge is 2.24. The number of rotatable bonds is 4. The number of aromatic nitrogens is 2. The fourth-order valence-electron chi connectivity index (χ4n) is 1.96. The lowest BCUT2D eigenvalue weighted by molar-refractivity contribution is -0.388. The van der Waals surface area contributed by atoms with Gasteiger partial charge < -0.3 is 15.0 Å². The van der Waals surface area contributed by atoms with E-state index < -0.39 is 16.6 Å². The fourth-order valence-corrected chi connectivity index (χ4v) is 1.96. The van der Waals surface area contributed by atoms with Crippen molar-refractivity contribution in [3.63, 3.8) is 0 Å². The Kier molecular flexibility index (Phi) is 3.64. The molecule has 6 nitrogen and oxygen atoms in total. The minimum atomic E-state index is -0.693. The van der Waals surface area contributed by atoms with E-state index in [0.29, 0.717) is 0 Å². The largest absolute Gasteiger partial charge is 0.406 e. The number of anilines is 1. The van der Waals surface area contributed by atoms with Crippen LogP contribution >= 0.6 is 0 Å². The zero-order valence-corrected chi connectivity index (χ0v) is 10.9. The van der Waals surface area contributed by atoms with Gasteiger partial charge in [-0.25, -0.2) is 8.78 Å². The van der Waals surface area contributed by atoms with Crippen LogP contribution in [0.1, 0.15) is 5.56 Å². The quantitative estimate of drug-likeness (QED) is 0.637. The fraction of sp³-hybridized carbons (Fsp3) is 0.250. The van der Waals surface area contributed by atoms with Crippen LogP contribution in [0.5, 0.6) is 0 Å². The van der Waals surface area contributed by atoms with Crippen molar-refractivity contribution in [3.8, 4) is 0 Å². The van der Waals surface area contributed by atoms with Crippen molar-refractivity contribution in [3.05, 3.63) is 51.8 Å². The van der Waals surface area contributed by atoms with E-state index in [-0.39, 0.29) is 23.7 Å². The molecule has 2 rings (SSSR count). The van der Waals surface area contributed by atoms with Gasteiger partial charge in [0.1, 0.15) is 11.6 Å². The summed E-state index contributed by atoms with van der Waals surface area (Å²) in [5.41, 5.74) is 0.240. The minimum absolute atomic E-state index is 0.0620. The van der Waals surface area contributed by atoms with Crippen molar-refractivity contribution >= 4 is 11.6 Å². The van der Waals surface area contributed by atoms with Crippen molar-refractivity contribution in [1.82, 2.24) is 9.55 Å². The number of imidazole rings is 1. The number of hydrogen-bond acceptors (Lipinski definition) is 4. The summed E-state index contributed by atoms with van der Waals surface area (Å²) in [7, 11) is 3.18. The van der Waals surface area contributed by atoms with Crippen LogP contribution < -0.4 is 4.90 Å². The third-order valence-electron chi connectivity index (χ3n) is 2.84. The molecule has 0 radical (unpaired) electrons. The highest BCUT2D eigenvalue weighted by atomic mass is 19.1. The molecule has 0 spiro atoms. The van der Waals surface area contributed by atoms with Gasteiger partial charge in [-0.15, -0.1) is 0 Å². The van der Waals surface area contributed by atoms with Gasteiger partial charge in [0.25, 0.3) is 0 Å². The van der Waals surface area contributed by atoms with Gasteiger partial charge in [-0.05, 0) is 16.0 Å². The van der Waals surface area contributed by atoms with Gasteiger partial charge >= 0.3 is 5.82 Å². The Balaban J connectivity index is 2.30. The molecule has 0 amide bonds. The highest BCUT2D eigenvalue weighted by Crippen LogP contribution is 2.26. The minimum Gasteiger partial charge on any atom is -0.358 e. The van der Waals surface area contributed by atoms with E-state index in [1.165, 1.54) is 21.9 Å².